The predicted octanol–water partition coefficient (Wildman–Crippen LogP) is 5.53. The van der Waals surface area contributed by atoms with Gasteiger partial charge in [-0.15, -0.1) is 22.7 Å². The van der Waals surface area contributed by atoms with Gasteiger partial charge in [0.2, 0.25) is 0 Å². The van der Waals surface area contributed by atoms with E-state index in [1.165, 1.54) is 11.3 Å². The summed E-state index contributed by atoms with van der Waals surface area (Å²) in [5, 5.41) is 4.79. The molecule has 1 N–H and O–H groups in total. The molecule has 4 heterocycles. The molecule has 8 heteroatoms. The van der Waals surface area contributed by atoms with Crippen molar-refractivity contribution in [1.29, 1.82) is 0 Å². The Morgan fingerprint density at radius 3 is 2.93 bits per heavy atom. The van der Waals surface area contributed by atoms with E-state index in [1.807, 2.05) is 46.0 Å². The van der Waals surface area contributed by atoms with Gasteiger partial charge in [-0.1, -0.05) is 12.1 Å². The summed E-state index contributed by atoms with van der Waals surface area (Å²) >= 11 is 6.62. The van der Waals surface area contributed by atoms with E-state index >= 15 is 0 Å². The number of aromatic nitrogens is 3. The number of benzene rings is 1. The number of nitrogens with zero attached hydrogens (tertiary/aromatic N) is 3. The summed E-state index contributed by atoms with van der Waals surface area (Å²) in [5.41, 5.74) is 2.56. The van der Waals surface area contributed by atoms with Gasteiger partial charge < -0.3 is 9.88 Å². The molecule has 1 saturated heterocycles. The maximum atomic E-state index is 13.0. The van der Waals surface area contributed by atoms with E-state index in [4.69, 9.17) is 4.98 Å². The molecule has 5 rings (SSSR count). The van der Waals surface area contributed by atoms with Crippen molar-refractivity contribution >= 4 is 55.5 Å². The molecule has 3 aromatic heterocycles. The van der Waals surface area contributed by atoms with Crippen molar-refractivity contribution in [2.75, 3.05) is 13.1 Å². The summed E-state index contributed by atoms with van der Waals surface area (Å²) in [6.07, 6.45) is 2.01. The fraction of sp³-hybridized carbons (Fsp3) is 0.250. The van der Waals surface area contributed by atoms with Gasteiger partial charge in [0.15, 0.2) is 0 Å². The average molecular weight is 473 g/mol. The van der Waals surface area contributed by atoms with Gasteiger partial charge in [-0.25, -0.2) is 9.97 Å². The molecule has 1 amide bonds. The molecule has 1 unspecified atom stereocenters. The first-order valence-corrected chi connectivity index (χ1v) is 11.7. The first kappa shape index (κ1) is 18.0. The molecule has 0 bridgehead atoms. The molecule has 0 radical (unpaired) electrons. The number of imidazole rings is 1. The summed E-state index contributed by atoms with van der Waals surface area (Å²) in [7, 11) is 0. The molecule has 1 aromatic carbocycles. The number of thiazole rings is 1. The van der Waals surface area contributed by atoms with Crippen LogP contribution in [-0.2, 0) is 0 Å². The zero-order valence-corrected chi connectivity index (χ0v) is 18.1. The number of fused-ring (bicyclic) bond motifs is 1. The lowest BCUT2D eigenvalue weighted by Gasteiger charge is -2.31. The number of nitrogens with one attached hydrogen (secondary N) is 1. The van der Waals surface area contributed by atoms with Crippen LogP contribution in [0.5, 0.6) is 0 Å². The van der Waals surface area contributed by atoms with Gasteiger partial charge in [0.1, 0.15) is 16.5 Å². The van der Waals surface area contributed by atoms with Crippen LogP contribution in [0.1, 0.15) is 35.1 Å². The third-order valence-corrected chi connectivity index (χ3v) is 7.71. The van der Waals surface area contributed by atoms with E-state index in [0.717, 1.165) is 50.6 Å². The third-order valence-electron chi connectivity index (χ3n) is 5.00. The number of likely N-dealkylation sites (tertiary alicyclic amines) is 1. The number of hydrogen-bond donors (Lipinski definition) is 1. The van der Waals surface area contributed by atoms with Crippen LogP contribution < -0.4 is 0 Å². The highest BCUT2D eigenvalue weighted by molar-refractivity contribution is 9.10. The quantitative estimate of drug-likeness (QED) is 0.426. The number of carbonyl (C=O) groups is 1. The minimum atomic E-state index is 0.0129. The highest BCUT2D eigenvalue weighted by atomic mass is 79.9. The molecule has 1 aliphatic heterocycles. The standard InChI is InChI=1S/C20H17BrN4OS2/c21-13-8-17(27-10-13)19-24-16(11-28-19)20(26)25-7-3-4-12(9-25)18-22-14-5-1-2-6-15(14)23-18/h1-2,5-6,8,10-12H,3-4,7,9H2,(H,22,23). The fourth-order valence-corrected chi connectivity index (χ4v) is 5.92. The van der Waals surface area contributed by atoms with E-state index in [2.05, 4.69) is 25.9 Å². The van der Waals surface area contributed by atoms with Crippen molar-refractivity contribution < 1.29 is 4.79 Å². The molecule has 0 spiro atoms. The molecular formula is C20H17BrN4OS2. The van der Waals surface area contributed by atoms with E-state index in [9.17, 15) is 4.79 Å². The number of H-pyrrole nitrogens is 1. The molecule has 0 saturated carbocycles. The number of amides is 1. The van der Waals surface area contributed by atoms with Gasteiger partial charge in [0.25, 0.3) is 5.91 Å². The van der Waals surface area contributed by atoms with Gasteiger partial charge in [-0.3, -0.25) is 4.79 Å². The molecular weight excluding hydrogens is 456 g/mol. The summed E-state index contributed by atoms with van der Waals surface area (Å²) in [6, 6.07) is 10.1. The van der Waals surface area contributed by atoms with Crippen molar-refractivity contribution in [3.63, 3.8) is 0 Å². The minimum absolute atomic E-state index is 0.0129. The monoisotopic (exact) mass is 472 g/mol. The van der Waals surface area contributed by atoms with Crippen LogP contribution in [0.25, 0.3) is 20.9 Å². The second kappa shape index (κ2) is 7.42. The van der Waals surface area contributed by atoms with Gasteiger partial charge >= 0.3 is 0 Å². The van der Waals surface area contributed by atoms with Crippen LogP contribution in [0.4, 0.5) is 0 Å². The van der Waals surface area contributed by atoms with Crippen LogP contribution in [-0.4, -0.2) is 38.8 Å². The van der Waals surface area contributed by atoms with Crippen LogP contribution in [0.2, 0.25) is 0 Å². The van der Waals surface area contributed by atoms with Crippen LogP contribution >= 0.6 is 38.6 Å². The van der Waals surface area contributed by atoms with Crippen molar-refractivity contribution in [1.82, 2.24) is 19.9 Å². The number of piperidine rings is 1. The number of carbonyl (C=O) groups excluding carboxylic acids is 1. The van der Waals surface area contributed by atoms with E-state index < -0.39 is 0 Å². The summed E-state index contributed by atoms with van der Waals surface area (Å²) in [5.74, 6) is 1.22. The summed E-state index contributed by atoms with van der Waals surface area (Å²) in [6.45, 7) is 1.45. The number of rotatable bonds is 3. The SMILES string of the molecule is O=C(c1csc(-c2cc(Br)cs2)n1)N1CCCC(c2nc3ccccc3[nH]2)C1. The van der Waals surface area contributed by atoms with Crippen molar-refractivity contribution in [2.24, 2.45) is 0 Å². The molecule has 1 fully saturated rings. The maximum absolute atomic E-state index is 13.0. The Kier molecular flexibility index (Phi) is 4.78. The number of aromatic amines is 1. The lowest BCUT2D eigenvalue weighted by Crippen LogP contribution is -2.39. The minimum Gasteiger partial charge on any atom is -0.342 e. The molecule has 28 heavy (non-hydrogen) atoms. The van der Waals surface area contributed by atoms with Crippen molar-refractivity contribution in [3.8, 4) is 9.88 Å². The highest BCUT2D eigenvalue weighted by Gasteiger charge is 2.28. The summed E-state index contributed by atoms with van der Waals surface area (Å²) < 4.78 is 1.04. The van der Waals surface area contributed by atoms with E-state index in [-0.39, 0.29) is 11.8 Å². The normalized spacial score (nSPS) is 17.3. The van der Waals surface area contributed by atoms with Crippen LogP contribution in [0, 0.1) is 0 Å². The Bertz CT molecular complexity index is 1110. The van der Waals surface area contributed by atoms with Gasteiger partial charge in [-0.2, -0.15) is 0 Å². The number of halogens is 1. The highest BCUT2D eigenvalue weighted by Crippen LogP contribution is 2.33. The van der Waals surface area contributed by atoms with Gasteiger partial charge in [0.05, 0.1) is 15.9 Å². The largest absolute Gasteiger partial charge is 0.342 e. The number of hydrogen-bond acceptors (Lipinski definition) is 5. The second-order valence-electron chi connectivity index (χ2n) is 6.90. The Balaban J connectivity index is 1.34. The second-order valence-corrected chi connectivity index (χ2v) is 9.58. The average Bonchev–Trinajstić information content (AvgIpc) is 3.46. The van der Waals surface area contributed by atoms with Crippen molar-refractivity contribution in [3.05, 3.63) is 57.1 Å². The predicted molar refractivity (Wildman–Crippen MR) is 117 cm³/mol. The van der Waals surface area contributed by atoms with Crippen molar-refractivity contribution in [2.45, 2.75) is 18.8 Å². The fourth-order valence-electron chi connectivity index (χ4n) is 3.62. The Labute approximate surface area is 178 Å². The molecule has 142 valence electrons. The molecule has 1 atom stereocenters. The zero-order chi connectivity index (χ0) is 19.1. The third kappa shape index (κ3) is 3.40. The smallest absolute Gasteiger partial charge is 0.273 e. The van der Waals surface area contributed by atoms with Gasteiger partial charge in [0, 0.05) is 34.2 Å². The van der Waals surface area contributed by atoms with Crippen LogP contribution in [0.3, 0.4) is 0 Å². The van der Waals surface area contributed by atoms with E-state index in [0.29, 0.717) is 12.2 Å². The van der Waals surface area contributed by atoms with E-state index in [1.54, 1.807) is 11.3 Å². The topological polar surface area (TPSA) is 61.9 Å². The molecule has 1 aliphatic rings. The Hall–Kier alpha value is -2.03. The molecule has 0 aliphatic carbocycles. The first-order chi connectivity index (χ1) is 13.7. The summed E-state index contributed by atoms with van der Waals surface area (Å²) in [4.78, 5) is 28.8. The maximum Gasteiger partial charge on any atom is 0.273 e. The number of thiophene rings is 1. The lowest BCUT2D eigenvalue weighted by molar-refractivity contribution is 0.0700. The Morgan fingerprint density at radius 2 is 2.11 bits per heavy atom. The zero-order valence-electron chi connectivity index (χ0n) is 14.9. The molecule has 5 nitrogen and oxygen atoms in total. The lowest BCUT2D eigenvalue weighted by atomic mass is 9.97. The Morgan fingerprint density at radius 1 is 1.21 bits per heavy atom. The first-order valence-electron chi connectivity index (χ1n) is 9.11. The molecule has 4 aromatic rings. The number of para-hydroxylation sites is 2. The van der Waals surface area contributed by atoms with Gasteiger partial charge in [-0.05, 0) is 47.0 Å². The van der Waals surface area contributed by atoms with Crippen LogP contribution in [0.15, 0.2) is 45.6 Å².